The number of ether oxygens (including phenoxy) is 1. The molecule has 2 rings (SSSR count). The fraction of sp³-hybridized carbons (Fsp3) is 0.571. The molecule has 0 bridgehead atoms. The lowest BCUT2D eigenvalue weighted by molar-refractivity contribution is 0.308. The lowest BCUT2D eigenvalue weighted by Gasteiger charge is -2.15. The van der Waals surface area contributed by atoms with Gasteiger partial charge in [0.05, 0.1) is 6.61 Å². The van der Waals surface area contributed by atoms with Crippen molar-refractivity contribution in [3.05, 3.63) is 22.6 Å². The van der Waals surface area contributed by atoms with Gasteiger partial charge in [-0.25, -0.2) is 0 Å². The van der Waals surface area contributed by atoms with E-state index < -0.39 is 0 Å². The summed E-state index contributed by atoms with van der Waals surface area (Å²) >= 11 is 0. The largest absolute Gasteiger partial charge is 0.505 e. The molecule has 19 heavy (non-hydrogen) atoms. The van der Waals surface area contributed by atoms with Crippen LogP contribution in [0.5, 0.6) is 11.5 Å². The van der Waals surface area contributed by atoms with E-state index in [-0.39, 0.29) is 17.5 Å². The van der Waals surface area contributed by atoms with E-state index in [0.29, 0.717) is 12.4 Å². The van der Waals surface area contributed by atoms with Crippen LogP contribution in [0.1, 0.15) is 44.2 Å². The molecule has 5 heteroatoms. The van der Waals surface area contributed by atoms with Crippen LogP contribution in [0.2, 0.25) is 0 Å². The van der Waals surface area contributed by atoms with Crippen molar-refractivity contribution in [1.82, 2.24) is 5.32 Å². The molecule has 1 aromatic rings. The predicted octanol–water partition coefficient (Wildman–Crippen LogP) is 3.39. The Morgan fingerprint density at radius 2 is 2.37 bits per heavy atom. The van der Waals surface area contributed by atoms with Crippen LogP contribution >= 0.6 is 0 Å². The fourth-order valence-corrected chi connectivity index (χ4v) is 2.31. The second-order valence-corrected chi connectivity index (χ2v) is 4.83. The summed E-state index contributed by atoms with van der Waals surface area (Å²) in [5.41, 5.74) is 0.951. The molecule has 0 radical (unpaired) electrons. The summed E-state index contributed by atoms with van der Waals surface area (Å²) in [5.74, 6) is 0.278. The maximum Gasteiger partial charge on any atom is 0.191 e. The van der Waals surface area contributed by atoms with Gasteiger partial charge in [0, 0.05) is 6.04 Å². The molecule has 0 spiro atoms. The maximum absolute atomic E-state index is 10.8. The number of nitrogens with one attached hydrogen (secondary N) is 1. The molecule has 1 saturated heterocycles. The van der Waals surface area contributed by atoms with Crippen molar-refractivity contribution in [2.24, 2.45) is 5.18 Å². The first-order valence-electron chi connectivity index (χ1n) is 6.82. The summed E-state index contributed by atoms with van der Waals surface area (Å²) in [6, 6.07) is 3.64. The van der Waals surface area contributed by atoms with Gasteiger partial charge in [0.2, 0.25) is 0 Å². The summed E-state index contributed by atoms with van der Waals surface area (Å²) in [6.45, 7) is 3.57. The fourth-order valence-electron chi connectivity index (χ4n) is 2.31. The van der Waals surface area contributed by atoms with Crippen molar-refractivity contribution >= 4 is 5.69 Å². The lowest BCUT2D eigenvalue weighted by atomic mass is 10.0. The average Bonchev–Trinajstić information content (AvgIpc) is 2.92. The minimum Gasteiger partial charge on any atom is -0.505 e. The molecule has 1 heterocycles. The Hall–Kier alpha value is -1.62. The quantitative estimate of drug-likeness (QED) is 0.610. The van der Waals surface area contributed by atoms with Crippen LogP contribution in [0.4, 0.5) is 5.69 Å². The van der Waals surface area contributed by atoms with Crippen molar-refractivity contribution in [2.45, 2.75) is 38.6 Å². The molecule has 104 valence electrons. The second kappa shape index (κ2) is 6.52. The Balaban J connectivity index is 2.23. The van der Waals surface area contributed by atoms with Gasteiger partial charge in [-0.15, -0.1) is 4.91 Å². The van der Waals surface area contributed by atoms with Crippen molar-refractivity contribution in [2.75, 3.05) is 13.2 Å². The second-order valence-electron chi connectivity index (χ2n) is 4.83. The van der Waals surface area contributed by atoms with Crippen LogP contribution in [-0.4, -0.2) is 18.3 Å². The lowest BCUT2D eigenvalue weighted by Crippen LogP contribution is -2.13. The molecule has 1 aliphatic heterocycles. The SMILES string of the molecule is CCCCOc1cc(C2CCCN2)cc(O)c1N=O. The van der Waals surface area contributed by atoms with Gasteiger partial charge in [0.25, 0.3) is 0 Å². The first-order valence-corrected chi connectivity index (χ1v) is 6.82. The van der Waals surface area contributed by atoms with E-state index in [1.165, 1.54) is 0 Å². The Kier molecular flexibility index (Phi) is 4.74. The van der Waals surface area contributed by atoms with Crippen molar-refractivity contribution < 1.29 is 9.84 Å². The van der Waals surface area contributed by atoms with Crippen LogP contribution in [-0.2, 0) is 0 Å². The Morgan fingerprint density at radius 3 is 3.00 bits per heavy atom. The molecule has 5 nitrogen and oxygen atoms in total. The highest BCUT2D eigenvalue weighted by Crippen LogP contribution is 2.40. The molecule has 1 unspecified atom stereocenters. The highest BCUT2D eigenvalue weighted by atomic mass is 16.5. The molecule has 0 aliphatic carbocycles. The van der Waals surface area contributed by atoms with E-state index in [9.17, 15) is 10.0 Å². The minimum absolute atomic E-state index is 0.00199. The third kappa shape index (κ3) is 3.23. The molecule has 1 aromatic carbocycles. The van der Waals surface area contributed by atoms with E-state index in [1.54, 1.807) is 6.07 Å². The van der Waals surface area contributed by atoms with Crippen molar-refractivity contribution in [1.29, 1.82) is 0 Å². The van der Waals surface area contributed by atoms with Crippen LogP contribution in [0, 0.1) is 4.91 Å². The van der Waals surface area contributed by atoms with E-state index >= 15 is 0 Å². The number of rotatable bonds is 6. The number of phenols is 1. The predicted molar refractivity (Wildman–Crippen MR) is 73.9 cm³/mol. The number of aromatic hydroxyl groups is 1. The van der Waals surface area contributed by atoms with Gasteiger partial charge in [-0.05, 0) is 48.7 Å². The van der Waals surface area contributed by atoms with Gasteiger partial charge in [-0.2, -0.15) is 0 Å². The summed E-state index contributed by atoms with van der Waals surface area (Å²) in [4.78, 5) is 10.8. The monoisotopic (exact) mass is 264 g/mol. The molecular formula is C14H20N2O3. The molecule has 1 aliphatic rings. The molecule has 0 amide bonds. The van der Waals surface area contributed by atoms with Gasteiger partial charge >= 0.3 is 0 Å². The summed E-state index contributed by atoms with van der Waals surface area (Å²) in [5, 5.41) is 16.1. The van der Waals surface area contributed by atoms with Gasteiger partial charge < -0.3 is 15.2 Å². The first-order chi connectivity index (χ1) is 9.26. The number of phenolic OH excluding ortho intramolecular Hbond substituents is 1. The maximum atomic E-state index is 10.8. The summed E-state index contributed by atoms with van der Waals surface area (Å²) < 4.78 is 5.57. The van der Waals surface area contributed by atoms with Gasteiger partial charge in [0.15, 0.2) is 11.4 Å². The van der Waals surface area contributed by atoms with Gasteiger partial charge in [-0.1, -0.05) is 13.3 Å². The van der Waals surface area contributed by atoms with Crippen LogP contribution in [0.15, 0.2) is 17.3 Å². The number of hydrogen-bond acceptors (Lipinski definition) is 5. The van der Waals surface area contributed by atoms with E-state index in [2.05, 4.69) is 17.4 Å². The topological polar surface area (TPSA) is 70.9 Å². The Bertz CT molecular complexity index is 443. The third-order valence-electron chi connectivity index (χ3n) is 3.39. The molecule has 2 N–H and O–H groups in total. The first kappa shape index (κ1) is 13.8. The minimum atomic E-state index is -0.104. The number of nitrogens with zero attached hydrogens (tertiary/aromatic N) is 1. The zero-order chi connectivity index (χ0) is 13.7. The van der Waals surface area contributed by atoms with Gasteiger partial charge in [0.1, 0.15) is 5.75 Å². The zero-order valence-corrected chi connectivity index (χ0v) is 11.2. The van der Waals surface area contributed by atoms with Crippen molar-refractivity contribution in [3.8, 4) is 11.5 Å². The van der Waals surface area contributed by atoms with Crippen molar-refractivity contribution in [3.63, 3.8) is 0 Å². The standard InChI is InChI=1S/C14H20N2O3/c1-2-3-7-19-13-9-10(11-5-4-6-15-11)8-12(17)14(13)16-18/h8-9,11,15,17H,2-7H2,1H3. The van der Waals surface area contributed by atoms with Gasteiger partial charge in [-0.3, -0.25) is 0 Å². The summed E-state index contributed by atoms with van der Waals surface area (Å²) in [7, 11) is 0. The zero-order valence-electron chi connectivity index (χ0n) is 11.2. The van der Waals surface area contributed by atoms with Crippen LogP contribution in [0.3, 0.4) is 0 Å². The number of nitroso groups, excluding NO2 is 1. The number of benzene rings is 1. The molecule has 0 aromatic heterocycles. The Morgan fingerprint density at radius 1 is 1.53 bits per heavy atom. The molecular weight excluding hydrogens is 244 g/mol. The normalized spacial score (nSPS) is 18.5. The smallest absolute Gasteiger partial charge is 0.191 e. The summed E-state index contributed by atoms with van der Waals surface area (Å²) in [6.07, 6.45) is 4.07. The molecule has 1 atom stereocenters. The highest BCUT2D eigenvalue weighted by molar-refractivity contribution is 5.63. The van der Waals surface area contributed by atoms with Crippen LogP contribution < -0.4 is 10.1 Å². The highest BCUT2D eigenvalue weighted by Gasteiger charge is 2.20. The number of hydrogen-bond donors (Lipinski definition) is 2. The van der Waals surface area contributed by atoms with Crippen LogP contribution in [0.25, 0.3) is 0 Å². The Labute approximate surface area is 112 Å². The molecule has 1 fully saturated rings. The third-order valence-corrected chi connectivity index (χ3v) is 3.39. The molecule has 0 saturated carbocycles. The van der Waals surface area contributed by atoms with E-state index in [4.69, 9.17) is 4.74 Å². The number of unbranched alkanes of at least 4 members (excludes halogenated alkanes) is 1. The van der Waals surface area contributed by atoms with E-state index in [0.717, 1.165) is 37.8 Å². The van der Waals surface area contributed by atoms with E-state index in [1.807, 2.05) is 6.07 Å². The average molecular weight is 264 g/mol.